The number of rotatable bonds is 6. The normalized spacial score (nSPS) is 14.5. The van der Waals surface area contributed by atoms with E-state index in [0.29, 0.717) is 35.3 Å². The van der Waals surface area contributed by atoms with Gasteiger partial charge in [-0.1, -0.05) is 158 Å². The number of ether oxygens (including phenoxy) is 2. The van der Waals surface area contributed by atoms with Crippen LogP contribution in [0.4, 0.5) is 0 Å². The molecule has 0 fully saturated rings. The molecule has 0 radical (unpaired) electrons. The standard InChI is InChI=1S/C50H54O4P2/c1-37-13-23-43(24-14-37)55(51,44-25-15-38(2)16-26-44)49-31-21-41-35-47(49)48-36-42(54-34-12-10-8-6-5-7-9-11-33-53-41)22-32-50(48)56(52,45-27-17-39(3)18-28-45)46-29-19-40(4)20-30-46/h13-32,35-36H,5-12,33-34H2,1-4H3. The van der Waals surface area contributed by atoms with Crippen molar-refractivity contribution in [2.45, 2.75) is 79.1 Å². The van der Waals surface area contributed by atoms with Crippen molar-refractivity contribution < 1.29 is 18.6 Å². The molecule has 1 aliphatic rings. The van der Waals surface area contributed by atoms with E-state index in [-0.39, 0.29) is 0 Å². The van der Waals surface area contributed by atoms with Gasteiger partial charge < -0.3 is 18.6 Å². The Morgan fingerprint density at radius 1 is 0.357 bits per heavy atom. The summed E-state index contributed by atoms with van der Waals surface area (Å²) >= 11 is 0. The van der Waals surface area contributed by atoms with Crippen molar-refractivity contribution in [1.29, 1.82) is 0 Å². The molecule has 4 bridgehead atoms. The van der Waals surface area contributed by atoms with Crippen molar-refractivity contribution in [3.8, 4) is 22.6 Å². The molecule has 0 saturated heterocycles. The fourth-order valence-corrected chi connectivity index (χ4v) is 13.3. The van der Waals surface area contributed by atoms with E-state index in [1.54, 1.807) is 0 Å². The molecule has 1 aliphatic heterocycles. The first-order valence-corrected chi connectivity index (χ1v) is 23.6. The molecule has 0 aromatic heterocycles. The number of hydrogen-bond donors (Lipinski definition) is 0. The van der Waals surface area contributed by atoms with E-state index < -0.39 is 14.3 Å². The van der Waals surface area contributed by atoms with Gasteiger partial charge in [0.25, 0.3) is 0 Å². The van der Waals surface area contributed by atoms with Crippen molar-refractivity contribution in [3.63, 3.8) is 0 Å². The SMILES string of the molecule is Cc1ccc(P(=O)(c2ccc(C)cc2)c2ccc3cc2-c2cc(ccc2P(=O)(c2ccc(C)cc2)c2ccc(C)cc2)OCCCCCCCCCCO3)cc1. The average molecular weight is 781 g/mol. The van der Waals surface area contributed by atoms with Crippen LogP contribution in [0.15, 0.2) is 133 Å². The molecule has 7 rings (SSSR count). The molecule has 4 nitrogen and oxygen atoms in total. The maximum atomic E-state index is 16.4. The quantitative estimate of drug-likeness (QED) is 0.158. The lowest BCUT2D eigenvalue weighted by molar-refractivity contribution is 0.301. The minimum absolute atomic E-state index is 0.591. The molecule has 0 atom stereocenters. The Bertz CT molecular complexity index is 2080. The van der Waals surface area contributed by atoms with Crippen LogP contribution >= 0.6 is 14.3 Å². The maximum absolute atomic E-state index is 16.4. The van der Waals surface area contributed by atoms with Gasteiger partial charge in [-0.05, 0) is 88.1 Å². The molecular weight excluding hydrogens is 726 g/mol. The minimum Gasteiger partial charge on any atom is -0.494 e. The van der Waals surface area contributed by atoms with Crippen LogP contribution in [0.3, 0.4) is 0 Å². The van der Waals surface area contributed by atoms with Crippen LogP contribution in [-0.2, 0) is 9.13 Å². The van der Waals surface area contributed by atoms with Gasteiger partial charge in [0.05, 0.1) is 13.2 Å². The zero-order valence-corrected chi connectivity index (χ0v) is 35.1. The molecule has 0 N–H and O–H groups in total. The first kappa shape index (κ1) is 39.6. The van der Waals surface area contributed by atoms with E-state index in [2.05, 4.69) is 0 Å². The molecule has 6 aromatic carbocycles. The van der Waals surface area contributed by atoms with Crippen LogP contribution < -0.4 is 41.3 Å². The number of aryl methyl sites for hydroxylation is 4. The number of benzene rings is 6. The highest BCUT2D eigenvalue weighted by Crippen LogP contribution is 2.50. The first-order valence-electron chi connectivity index (χ1n) is 20.2. The van der Waals surface area contributed by atoms with Crippen LogP contribution in [0.2, 0.25) is 0 Å². The molecule has 0 aliphatic carbocycles. The van der Waals surface area contributed by atoms with E-state index >= 15 is 9.13 Å². The Balaban J connectivity index is 1.54. The highest BCUT2D eigenvalue weighted by Gasteiger charge is 2.37. The second-order valence-corrected chi connectivity index (χ2v) is 20.9. The molecule has 288 valence electrons. The maximum Gasteiger partial charge on any atom is 0.171 e. The Kier molecular flexibility index (Phi) is 12.5. The molecule has 6 aromatic rings. The summed E-state index contributed by atoms with van der Waals surface area (Å²) < 4.78 is 45.8. The first-order chi connectivity index (χ1) is 27.2. The second-order valence-electron chi connectivity index (χ2n) is 15.4. The van der Waals surface area contributed by atoms with Crippen molar-refractivity contribution in [3.05, 3.63) is 156 Å². The zero-order chi connectivity index (χ0) is 39.1. The average Bonchev–Trinajstić information content (AvgIpc) is 3.21. The van der Waals surface area contributed by atoms with Crippen molar-refractivity contribution in [2.24, 2.45) is 0 Å². The van der Waals surface area contributed by atoms with Gasteiger partial charge in [-0.3, -0.25) is 0 Å². The van der Waals surface area contributed by atoms with Gasteiger partial charge in [0.1, 0.15) is 11.5 Å². The summed E-state index contributed by atoms with van der Waals surface area (Å²) in [6.07, 6.45) is 9.03. The topological polar surface area (TPSA) is 52.6 Å². The van der Waals surface area contributed by atoms with Gasteiger partial charge in [-0.15, -0.1) is 0 Å². The molecule has 0 unspecified atom stereocenters. The highest BCUT2D eigenvalue weighted by atomic mass is 31.2. The van der Waals surface area contributed by atoms with E-state index in [1.165, 1.54) is 25.7 Å². The third kappa shape index (κ3) is 8.53. The summed E-state index contributed by atoms with van der Waals surface area (Å²) in [4.78, 5) is 0. The summed E-state index contributed by atoms with van der Waals surface area (Å²) in [5, 5.41) is 4.31. The Labute approximate surface area is 334 Å². The van der Waals surface area contributed by atoms with E-state index in [1.807, 2.05) is 161 Å². The lowest BCUT2D eigenvalue weighted by atomic mass is 10.0. The number of fused-ring (bicyclic) bond motifs is 5. The molecule has 6 heteroatoms. The second kappa shape index (κ2) is 17.7. The predicted molar refractivity (Wildman–Crippen MR) is 238 cm³/mol. The Hall–Kier alpha value is -4.62. The van der Waals surface area contributed by atoms with Gasteiger partial charge in [0.15, 0.2) is 14.3 Å². The van der Waals surface area contributed by atoms with Crippen LogP contribution in [0.5, 0.6) is 11.5 Å². The van der Waals surface area contributed by atoms with E-state index in [0.717, 1.165) is 80.3 Å². The lowest BCUT2D eigenvalue weighted by Crippen LogP contribution is -2.30. The predicted octanol–water partition coefficient (Wildman–Crippen LogP) is 10.8. The van der Waals surface area contributed by atoms with Crippen molar-refractivity contribution in [1.82, 2.24) is 0 Å². The van der Waals surface area contributed by atoms with E-state index in [9.17, 15) is 0 Å². The van der Waals surface area contributed by atoms with Crippen LogP contribution in [0, 0.1) is 27.7 Å². The van der Waals surface area contributed by atoms with Crippen LogP contribution in [-0.4, -0.2) is 13.2 Å². The Morgan fingerprint density at radius 3 is 0.911 bits per heavy atom. The molecule has 1 heterocycles. The van der Waals surface area contributed by atoms with Gasteiger partial charge in [-0.2, -0.15) is 0 Å². The van der Waals surface area contributed by atoms with Crippen LogP contribution in [0.25, 0.3) is 11.1 Å². The van der Waals surface area contributed by atoms with Gasteiger partial charge in [0, 0.05) is 31.8 Å². The summed E-state index contributed by atoms with van der Waals surface area (Å²) in [6, 6.07) is 44.2. The minimum atomic E-state index is -3.53. The summed E-state index contributed by atoms with van der Waals surface area (Å²) in [6.45, 7) is 9.37. The summed E-state index contributed by atoms with van der Waals surface area (Å²) in [5.41, 5.74) is 5.84. The fourth-order valence-electron chi connectivity index (χ4n) is 7.71. The third-order valence-electron chi connectivity index (χ3n) is 11.1. The molecule has 0 spiro atoms. The lowest BCUT2D eigenvalue weighted by Gasteiger charge is -2.27. The third-order valence-corrected chi connectivity index (χ3v) is 17.3. The monoisotopic (exact) mass is 780 g/mol. The van der Waals surface area contributed by atoms with E-state index in [4.69, 9.17) is 9.47 Å². The Morgan fingerprint density at radius 2 is 0.625 bits per heavy atom. The molecular formula is C50H54O4P2. The summed E-state index contributed by atoms with van der Waals surface area (Å²) in [5.74, 6) is 1.39. The number of hydrogen-bond acceptors (Lipinski definition) is 4. The molecule has 0 amide bonds. The van der Waals surface area contributed by atoms with Crippen molar-refractivity contribution >= 4 is 46.1 Å². The largest absolute Gasteiger partial charge is 0.494 e. The van der Waals surface area contributed by atoms with Gasteiger partial charge in [0.2, 0.25) is 0 Å². The van der Waals surface area contributed by atoms with Crippen molar-refractivity contribution in [2.75, 3.05) is 13.2 Å². The van der Waals surface area contributed by atoms with Crippen LogP contribution in [0.1, 0.15) is 73.6 Å². The highest BCUT2D eigenvalue weighted by molar-refractivity contribution is 7.86. The van der Waals surface area contributed by atoms with Gasteiger partial charge in [-0.25, -0.2) is 0 Å². The molecule has 0 saturated carbocycles. The zero-order valence-electron chi connectivity index (χ0n) is 33.3. The summed E-state index contributed by atoms with van der Waals surface area (Å²) in [7, 11) is -7.06. The fraction of sp³-hybridized carbons (Fsp3) is 0.280. The molecule has 56 heavy (non-hydrogen) atoms. The smallest absolute Gasteiger partial charge is 0.171 e. The van der Waals surface area contributed by atoms with Gasteiger partial charge >= 0.3 is 0 Å².